The van der Waals surface area contributed by atoms with Gasteiger partial charge < -0.3 is 10.3 Å². The Bertz CT molecular complexity index is 877. The number of carbonyl (C=O) groups is 1. The molecule has 2 aromatic heterocycles. The largest absolute Gasteiger partial charge is 0.339 e. The molecular formula is C18H19N3O2S. The maximum atomic E-state index is 12.5. The molecule has 0 unspecified atom stereocenters. The summed E-state index contributed by atoms with van der Waals surface area (Å²) in [5.41, 5.74) is 6.67. The highest BCUT2D eigenvalue weighted by Gasteiger charge is 2.35. The molecule has 24 heavy (non-hydrogen) atoms. The number of aryl methyl sites for hydroxylation is 1. The molecule has 0 bridgehead atoms. The quantitative estimate of drug-likeness (QED) is 0.713. The number of Topliss-reactive ketones (excluding diaryl/α,β-unsaturated/α-hetero) is 1. The van der Waals surface area contributed by atoms with Crippen LogP contribution in [0.2, 0.25) is 0 Å². The minimum Gasteiger partial charge on any atom is -0.339 e. The van der Waals surface area contributed by atoms with Crippen molar-refractivity contribution in [2.45, 2.75) is 44.1 Å². The number of hydrogen-bond donors (Lipinski definition) is 1. The van der Waals surface area contributed by atoms with E-state index in [2.05, 4.69) is 10.1 Å². The molecule has 0 atom stereocenters. The minimum absolute atomic E-state index is 0.107. The predicted molar refractivity (Wildman–Crippen MR) is 93.1 cm³/mol. The van der Waals surface area contributed by atoms with E-state index in [1.54, 1.807) is 11.3 Å². The van der Waals surface area contributed by atoms with Gasteiger partial charge in [0.25, 0.3) is 0 Å². The van der Waals surface area contributed by atoms with Crippen LogP contribution in [0.5, 0.6) is 0 Å². The molecule has 2 heterocycles. The van der Waals surface area contributed by atoms with E-state index in [0.29, 0.717) is 24.6 Å². The van der Waals surface area contributed by atoms with Gasteiger partial charge in [0, 0.05) is 33.9 Å². The first-order valence-corrected chi connectivity index (χ1v) is 9.15. The summed E-state index contributed by atoms with van der Waals surface area (Å²) in [5, 5.41) is 6.99. The van der Waals surface area contributed by atoms with Crippen LogP contribution in [-0.2, 0) is 12.0 Å². The zero-order valence-electron chi connectivity index (χ0n) is 13.3. The van der Waals surface area contributed by atoms with E-state index in [1.807, 2.05) is 29.6 Å². The molecule has 0 radical (unpaired) electrons. The van der Waals surface area contributed by atoms with E-state index in [9.17, 15) is 4.79 Å². The minimum atomic E-state index is -0.449. The van der Waals surface area contributed by atoms with E-state index < -0.39 is 5.54 Å². The molecule has 6 heteroatoms. The fraction of sp³-hybridized carbons (Fsp3) is 0.389. The van der Waals surface area contributed by atoms with Crippen molar-refractivity contribution in [3.63, 3.8) is 0 Å². The van der Waals surface area contributed by atoms with Gasteiger partial charge in [0.05, 0.1) is 5.54 Å². The van der Waals surface area contributed by atoms with Crippen LogP contribution in [0, 0.1) is 0 Å². The summed E-state index contributed by atoms with van der Waals surface area (Å²) in [6, 6.07) is 7.96. The van der Waals surface area contributed by atoms with Crippen molar-refractivity contribution in [3.05, 3.63) is 46.9 Å². The van der Waals surface area contributed by atoms with Crippen LogP contribution in [0.4, 0.5) is 0 Å². The number of carbonyl (C=O) groups excluding carboxylic acids is 1. The Morgan fingerprint density at radius 3 is 2.92 bits per heavy atom. The predicted octanol–water partition coefficient (Wildman–Crippen LogP) is 3.83. The van der Waals surface area contributed by atoms with Crippen molar-refractivity contribution in [2.24, 2.45) is 5.73 Å². The highest BCUT2D eigenvalue weighted by molar-refractivity contribution is 7.17. The van der Waals surface area contributed by atoms with Crippen molar-refractivity contribution in [1.29, 1.82) is 0 Å². The van der Waals surface area contributed by atoms with E-state index in [0.717, 1.165) is 41.3 Å². The fourth-order valence-electron chi connectivity index (χ4n) is 3.34. The van der Waals surface area contributed by atoms with Gasteiger partial charge in [-0.15, -0.1) is 11.3 Å². The second-order valence-corrected chi connectivity index (χ2v) is 7.35. The van der Waals surface area contributed by atoms with Crippen LogP contribution < -0.4 is 5.73 Å². The Morgan fingerprint density at radius 1 is 1.29 bits per heavy atom. The Kier molecular flexibility index (Phi) is 3.94. The topological polar surface area (TPSA) is 82.0 Å². The lowest BCUT2D eigenvalue weighted by atomic mass is 9.99. The number of fused-ring (bicyclic) bond motifs is 1. The molecular weight excluding hydrogens is 322 g/mol. The number of nitrogens with two attached hydrogens (primary N) is 1. The van der Waals surface area contributed by atoms with Crippen LogP contribution in [0.3, 0.4) is 0 Å². The van der Waals surface area contributed by atoms with Crippen LogP contribution in [0.15, 0.2) is 34.2 Å². The molecule has 0 amide bonds. The van der Waals surface area contributed by atoms with E-state index in [1.165, 1.54) is 0 Å². The molecule has 1 aliphatic carbocycles. The third kappa shape index (κ3) is 2.76. The summed E-state index contributed by atoms with van der Waals surface area (Å²) >= 11 is 1.60. The third-order valence-corrected chi connectivity index (χ3v) is 5.72. The number of aromatic nitrogens is 2. The van der Waals surface area contributed by atoms with Gasteiger partial charge in [0.15, 0.2) is 11.6 Å². The molecule has 4 rings (SSSR count). The third-order valence-electron chi connectivity index (χ3n) is 4.76. The molecule has 3 aromatic rings. The van der Waals surface area contributed by atoms with Gasteiger partial charge in [-0.05, 0) is 18.9 Å². The summed E-state index contributed by atoms with van der Waals surface area (Å²) in [6.07, 6.45) is 4.80. The SMILES string of the molecule is NC1(c2noc(CCC(=O)c3csc4ccccc34)n2)CCCC1. The normalized spacial score (nSPS) is 16.7. The lowest BCUT2D eigenvalue weighted by Crippen LogP contribution is -2.34. The van der Waals surface area contributed by atoms with Crippen molar-refractivity contribution in [1.82, 2.24) is 10.1 Å². The molecule has 1 aromatic carbocycles. The highest BCUT2D eigenvalue weighted by Crippen LogP contribution is 2.34. The van der Waals surface area contributed by atoms with Crippen LogP contribution in [0.1, 0.15) is 54.2 Å². The van der Waals surface area contributed by atoms with E-state index >= 15 is 0 Å². The Morgan fingerprint density at radius 2 is 2.08 bits per heavy atom. The summed E-state index contributed by atoms with van der Waals surface area (Å²) in [6.45, 7) is 0. The molecule has 5 nitrogen and oxygen atoms in total. The van der Waals surface area contributed by atoms with Gasteiger partial charge in [-0.25, -0.2) is 0 Å². The number of benzene rings is 1. The first-order valence-electron chi connectivity index (χ1n) is 8.27. The van der Waals surface area contributed by atoms with Crippen LogP contribution in [-0.4, -0.2) is 15.9 Å². The summed E-state index contributed by atoms with van der Waals surface area (Å²) in [4.78, 5) is 16.9. The summed E-state index contributed by atoms with van der Waals surface area (Å²) < 4.78 is 6.44. The second kappa shape index (κ2) is 6.11. The maximum Gasteiger partial charge on any atom is 0.227 e. The number of thiophene rings is 1. The standard InChI is InChI=1S/C18H19N3O2S/c19-18(9-3-4-10-18)17-20-16(23-21-17)8-7-14(22)13-11-24-15-6-2-1-5-12(13)15/h1-2,5-6,11H,3-4,7-10,19H2. The fourth-order valence-corrected chi connectivity index (χ4v) is 4.30. The van der Waals surface area contributed by atoms with Gasteiger partial charge in [0.2, 0.25) is 5.89 Å². The molecule has 1 fully saturated rings. The molecule has 1 saturated carbocycles. The lowest BCUT2D eigenvalue weighted by Gasteiger charge is -2.17. The zero-order valence-corrected chi connectivity index (χ0v) is 14.1. The van der Waals surface area contributed by atoms with Crippen molar-refractivity contribution < 1.29 is 9.32 Å². The number of rotatable bonds is 5. The van der Waals surface area contributed by atoms with Gasteiger partial charge >= 0.3 is 0 Å². The van der Waals surface area contributed by atoms with Crippen molar-refractivity contribution in [2.75, 3.05) is 0 Å². The van der Waals surface area contributed by atoms with Gasteiger partial charge in [0.1, 0.15) is 0 Å². The lowest BCUT2D eigenvalue weighted by molar-refractivity contribution is 0.0981. The van der Waals surface area contributed by atoms with Gasteiger partial charge in [-0.1, -0.05) is 36.2 Å². The summed E-state index contributed by atoms with van der Waals surface area (Å²) in [7, 11) is 0. The molecule has 2 N–H and O–H groups in total. The second-order valence-electron chi connectivity index (χ2n) is 6.44. The number of hydrogen-bond acceptors (Lipinski definition) is 6. The Hall–Kier alpha value is -2.05. The number of nitrogens with zero attached hydrogens (tertiary/aromatic N) is 2. The van der Waals surface area contributed by atoms with E-state index in [-0.39, 0.29) is 5.78 Å². The van der Waals surface area contributed by atoms with Gasteiger partial charge in [-0.3, -0.25) is 4.79 Å². The zero-order chi connectivity index (χ0) is 16.6. The number of ketones is 1. The first kappa shape index (κ1) is 15.5. The Labute approximate surface area is 143 Å². The average Bonchev–Trinajstić information content (AvgIpc) is 3.32. The van der Waals surface area contributed by atoms with Crippen molar-refractivity contribution >= 4 is 27.2 Å². The molecule has 1 aliphatic rings. The maximum absolute atomic E-state index is 12.5. The van der Waals surface area contributed by atoms with Crippen molar-refractivity contribution in [3.8, 4) is 0 Å². The Balaban J connectivity index is 1.45. The molecule has 124 valence electrons. The van der Waals surface area contributed by atoms with E-state index in [4.69, 9.17) is 10.3 Å². The van der Waals surface area contributed by atoms with Gasteiger partial charge in [-0.2, -0.15) is 4.98 Å². The molecule has 0 aliphatic heterocycles. The average molecular weight is 341 g/mol. The first-order chi connectivity index (χ1) is 11.7. The highest BCUT2D eigenvalue weighted by atomic mass is 32.1. The van der Waals surface area contributed by atoms with Crippen LogP contribution in [0.25, 0.3) is 10.1 Å². The summed E-state index contributed by atoms with van der Waals surface area (Å²) in [5.74, 6) is 1.19. The monoisotopic (exact) mass is 341 g/mol. The molecule has 0 spiro atoms. The molecule has 0 saturated heterocycles. The smallest absolute Gasteiger partial charge is 0.227 e. The van der Waals surface area contributed by atoms with Crippen LogP contribution >= 0.6 is 11.3 Å².